The molecule has 0 saturated carbocycles. The Morgan fingerprint density at radius 2 is 0.952 bits per heavy atom. The third-order valence-corrected chi connectivity index (χ3v) is 7.61. The number of fused-ring (bicyclic) bond motifs is 7. The summed E-state index contributed by atoms with van der Waals surface area (Å²) in [5.41, 5.74) is 1.31. The van der Waals surface area contributed by atoms with Gasteiger partial charge >= 0.3 is 0 Å². The lowest BCUT2D eigenvalue weighted by Crippen LogP contribution is -1.91. The summed E-state index contributed by atoms with van der Waals surface area (Å²) in [5, 5.41) is 0.735. The second-order valence-electron chi connectivity index (χ2n) is 9.83. The second-order valence-corrected chi connectivity index (χ2v) is 9.83. The van der Waals surface area contributed by atoms with Gasteiger partial charge in [-0.05, 0) is 50.9 Å². The lowest BCUT2D eigenvalue weighted by atomic mass is 9.84. The summed E-state index contributed by atoms with van der Waals surface area (Å²) >= 11 is 0. The Morgan fingerprint density at radius 1 is 0.381 bits per heavy atom. The van der Waals surface area contributed by atoms with Gasteiger partial charge in [-0.3, -0.25) is 0 Å². The van der Waals surface area contributed by atoms with Gasteiger partial charge in [0.05, 0.1) is 17.8 Å². The molecule has 0 radical (unpaired) electrons. The molecule has 0 saturated heterocycles. The average molecular weight is 550 g/mol. The molecule has 2 nitrogen and oxygen atoms in total. The summed E-state index contributed by atoms with van der Waals surface area (Å²) in [6, 6.07) is 11.0. The van der Waals surface area contributed by atoms with Crippen LogP contribution in [0.5, 0.6) is 0 Å². The van der Waals surface area contributed by atoms with E-state index in [4.69, 9.17) is 21.2 Å². The predicted molar refractivity (Wildman–Crippen MR) is 175 cm³/mol. The normalized spacial score (nSPS) is 16.1. The van der Waals surface area contributed by atoms with Gasteiger partial charge in [-0.2, -0.15) is 0 Å². The van der Waals surface area contributed by atoms with Crippen LogP contribution in [0.15, 0.2) is 154 Å². The van der Waals surface area contributed by atoms with Gasteiger partial charge in [0, 0.05) is 32.8 Å². The minimum atomic E-state index is -0.732. The Balaban J connectivity index is 1.68. The van der Waals surface area contributed by atoms with Crippen LogP contribution >= 0.6 is 0 Å². The number of para-hydroxylation sites is 1. The molecule has 7 aromatic carbocycles. The molecular weight excluding hydrogens is 512 g/mol. The quantitative estimate of drug-likeness (QED) is 0.205. The molecule has 9 rings (SSSR count). The van der Waals surface area contributed by atoms with Crippen molar-refractivity contribution < 1.29 is 26.7 Å². The highest BCUT2D eigenvalue weighted by atomic mass is 16.3. The number of benzene rings is 7. The molecule has 9 aromatic rings. The maximum absolute atomic E-state index is 9.47. The van der Waals surface area contributed by atoms with E-state index >= 15 is 0 Å². The van der Waals surface area contributed by atoms with E-state index in [0.29, 0.717) is 38.5 Å². The van der Waals surface area contributed by atoms with Gasteiger partial charge in [-0.15, -0.1) is 0 Å². The number of rotatable bonds is 3. The summed E-state index contributed by atoms with van der Waals surface area (Å²) in [4.78, 5) is 0. The zero-order chi connectivity index (χ0) is 38.9. The first-order chi connectivity index (χ1) is 26.3. The molecule has 2 aromatic heterocycles. The lowest BCUT2D eigenvalue weighted by Gasteiger charge is -2.18. The molecule has 2 heterocycles. The number of hydrogen-bond donors (Lipinski definition) is 0. The van der Waals surface area contributed by atoms with Crippen LogP contribution in [0.3, 0.4) is 0 Å². The van der Waals surface area contributed by atoms with Gasteiger partial charge in [-0.25, -0.2) is 0 Å². The summed E-state index contributed by atoms with van der Waals surface area (Å²) in [6.07, 6.45) is 0. The largest absolute Gasteiger partial charge is 0.456 e. The fourth-order valence-corrected chi connectivity index (χ4v) is 5.94. The van der Waals surface area contributed by atoms with Gasteiger partial charge in [0.2, 0.25) is 0 Å². The first-order valence-electron chi connectivity index (χ1n) is 19.7. The Bertz CT molecular complexity index is 3070. The van der Waals surface area contributed by atoms with Crippen molar-refractivity contribution in [2.75, 3.05) is 0 Å². The minimum absolute atomic E-state index is 0.0181. The van der Waals surface area contributed by atoms with Crippen molar-refractivity contribution in [1.29, 1.82) is 0 Å². The van der Waals surface area contributed by atoms with E-state index in [1.54, 1.807) is 48.5 Å². The summed E-state index contributed by atoms with van der Waals surface area (Å²) in [5.74, 6) is 0.228. The van der Waals surface area contributed by atoms with E-state index in [2.05, 4.69) is 0 Å². The topological polar surface area (TPSA) is 26.3 Å². The molecule has 0 spiro atoms. The van der Waals surface area contributed by atoms with Crippen LogP contribution in [0, 0.1) is 0 Å². The molecule has 0 aliphatic heterocycles. The zero-order valence-corrected chi connectivity index (χ0v) is 21.7. The zero-order valence-electron chi connectivity index (χ0n) is 34.7. The molecule has 0 bridgehead atoms. The molecule has 0 aliphatic rings. The Labute approximate surface area is 260 Å². The van der Waals surface area contributed by atoms with Crippen LogP contribution in [-0.4, -0.2) is 0 Å². The number of furan rings is 2. The SMILES string of the molecule is [2H]c1c([2H])c([2H])c(-c2c3c([2H])c([2H])c([2H])c([2H])c3c(-c3c(-c4ccccc4)oc4ccc5oc6ccccc6c5c34)c3c([2H])c([2H])c([2H])c([2H])c23)c([2H])c1[2H]. The average Bonchev–Trinajstić information content (AvgIpc) is 3.77. The summed E-state index contributed by atoms with van der Waals surface area (Å²) in [6.45, 7) is 0. The maximum Gasteiger partial charge on any atom is 0.143 e. The van der Waals surface area contributed by atoms with Gasteiger partial charge in [-0.1, -0.05) is 127 Å². The molecule has 0 unspecified atom stereocenters. The van der Waals surface area contributed by atoms with Crippen molar-refractivity contribution >= 4 is 54.5 Å². The second kappa shape index (κ2) is 8.95. The van der Waals surface area contributed by atoms with Gasteiger partial charge < -0.3 is 8.83 Å². The monoisotopic (exact) mass is 549 g/mol. The van der Waals surface area contributed by atoms with E-state index in [-0.39, 0.29) is 44.0 Å². The smallest absolute Gasteiger partial charge is 0.143 e. The first-order valence-corrected chi connectivity index (χ1v) is 13.2. The Hall–Kier alpha value is -5.60. The van der Waals surface area contributed by atoms with Crippen LogP contribution in [-0.2, 0) is 0 Å². The van der Waals surface area contributed by atoms with Crippen LogP contribution in [0.25, 0.3) is 88.0 Å². The molecule has 0 amide bonds. The standard InChI is InChI=1S/C40H24O2/c1-3-13-25(14-4-1)35-27-17-7-9-19-29(27)36(30-20-10-8-18-28(30)35)39-38-34(42-40(39)26-15-5-2-6-16-26)24-23-33-37(38)31-21-11-12-22-32(31)41-33/h1-24H/i1D,3D,4D,7D,8D,9D,10D,13D,14D,17D,18D,19D,20D. The van der Waals surface area contributed by atoms with Gasteiger partial charge in [0.1, 0.15) is 22.5 Å². The third kappa shape index (κ3) is 3.27. The molecule has 0 aliphatic carbocycles. The fraction of sp³-hybridized carbons (Fsp3) is 0. The van der Waals surface area contributed by atoms with E-state index in [9.17, 15) is 5.48 Å². The van der Waals surface area contributed by atoms with E-state index in [1.165, 1.54) is 0 Å². The summed E-state index contributed by atoms with van der Waals surface area (Å²) < 4.78 is 129. The predicted octanol–water partition coefficient (Wildman–Crippen LogP) is 11.6. The summed E-state index contributed by atoms with van der Waals surface area (Å²) in [7, 11) is 0. The Morgan fingerprint density at radius 3 is 1.64 bits per heavy atom. The Kier molecular flexibility index (Phi) is 2.95. The molecular formula is C40H24O2. The molecule has 196 valence electrons. The molecule has 0 fully saturated rings. The van der Waals surface area contributed by atoms with Crippen molar-refractivity contribution in [1.82, 2.24) is 0 Å². The van der Waals surface area contributed by atoms with Crippen LogP contribution in [0.4, 0.5) is 0 Å². The van der Waals surface area contributed by atoms with Crippen molar-refractivity contribution in [2.45, 2.75) is 0 Å². The van der Waals surface area contributed by atoms with Crippen molar-refractivity contribution in [3.05, 3.63) is 145 Å². The van der Waals surface area contributed by atoms with Crippen LogP contribution < -0.4 is 0 Å². The van der Waals surface area contributed by atoms with Crippen molar-refractivity contribution in [3.63, 3.8) is 0 Å². The third-order valence-electron chi connectivity index (χ3n) is 7.61. The van der Waals surface area contributed by atoms with E-state index in [1.807, 2.05) is 18.2 Å². The fourth-order valence-electron chi connectivity index (χ4n) is 5.94. The van der Waals surface area contributed by atoms with E-state index < -0.39 is 84.1 Å². The van der Waals surface area contributed by atoms with Gasteiger partial charge in [0.15, 0.2) is 0 Å². The first kappa shape index (κ1) is 13.8. The molecule has 0 atom stereocenters. The molecule has 42 heavy (non-hydrogen) atoms. The van der Waals surface area contributed by atoms with Gasteiger partial charge in [0.25, 0.3) is 0 Å². The lowest BCUT2D eigenvalue weighted by molar-refractivity contribution is 0.632. The highest BCUT2D eigenvalue weighted by Gasteiger charge is 2.26. The molecule has 0 N–H and O–H groups in total. The highest BCUT2D eigenvalue weighted by molar-refractivity contribution is 6.30. The van der Waals surface area contributed by atoms with Crippen LogP contribution in [0.1, 0.15) is 17.8 Å². The van der Waals surface area contributed by atoms with Crippen molar-refractivity contribution in [3.8, 4) is 33.6 Å². The highest BCUT2D eigenvalue weighted by Crippen LogP contribution is 2.51. The molecule has 2 heteroatoms. The van der Waals surface area contributed by atoms with E-state index in [0.717, 1.165) is 0 Å². The minimum Gasteiger partial charge on any atom is -0.456 e. The van der Waals surface area contributed by atoms with Crippen LogP contribution in [0.2, 0.25) is 0 Å². The maximum atomic E-state index is 9.47. The van der Waals surface area contributed by atoms with Crippen molar-refractivity contribution in [2.24, 2.45) is 0 Å². The number of hydrogen-bond acceptors (Lipinski definition) is 2.